The van der Waals surface area contributed by atoms with Gasteiger partial charge in [0.05, 0.1) is 6.61 Å². The summed E-state index contributed by atoms with van der Waals surface area (Å²) in [5.41, 5.74) is 3.06. The van der Waals surface area contributed by atoms with E-state index >= 15 is 0 Å². The molecule has 1 N–H and O–H groups in total. The van der Waals surface area contributed by atoms with Crippen LogP contribution >= 0.6 is 0 Å². The molecule has 0 aromatic carbocycles. The minimum Gasteiger partial charge on any atom is -0.383 e. The van der Waals surface area contributed by atoms with Gasteiger partial charge in [-0.25, -0.2) is 0 Å². The van der Waals surface area contributed by atoms with Gasteiger partial charge >= 0.3 is 0 Å². The maximum absolute atomic E-state index is 5.16. The molecule has 0 fully saturated rings. The van der Waals surface area contributed by atoms with Crippen molar-refractivity contribution in [3.8, 4) is 0 Å². The summed E-state index contributed by atoms with van der Waals surface area (Å²) in [6, 6.07) is 0.561. The van der Waals surface area contributed by atoms with Gasteiger partial charge in [0, 0.05) is 32.1 Å². The van der Waals surface area contributed by atoms with E-state index in [1.54, 1.807) is 7.11 Å². The number of aryl methyl sites for hydroxylation is 1. The maximum Gasteiger partial charge on any atom is 0.0641 e. The zero-order chi connectivity index (χ0) is 12.8. The Labute approximate surface area is 111 Å². The lowest BCUT2D eigenvalue weighted by molar-refractivity contribution is 0.187. The van der Waals surface area contributed by atoms with Gasteiger partial charge < -0.3 is 14.6 Å². The number of methoxy groups -OCH3 is 1. The van der Waals surface area contributed by atoms with Crippen molar-refractivity contribution in [1.82, 2.24) is 9.88 Å². The quantitative estimate of drug-likeness (QED) is 0.786. The molecule has 1 aromatic heterocycles. The lowest BCUT2D eigenvalue weighted by Gasteiger charge is -2.16. The first-order valence-corrected chi connectivity index (χ1v) is 7.26. The first-order chi connectivity index (χ1) is 8.85. The van der Waals surface area contributed by atoms with Crippen molar-refractivity contribution < 1.29 is 4.74 Å². The Kier molecular flexibility index (Phi) is 5.26. The molecule has 0 radical (unpaired) electrons. The van der Waals surface area contributed by atoms with Crippen molar-refractivity contribution in [1.29, 1.82) is 0 Å². The minimum absolute atomic E-state index is 0.561. The number of fused-ring (bicyclic) bond motifs is 1. The predicted molar refractivity (Wildman–Crippen MR) is 74.9 cm³/mol. The summed E-state index contributed by atoms with van der Waals surface area (Å²) in [5, 5.41) is 3.69. The molecule has 1 atom stereocenters. The fourth-order valence-corrected chi connectivity index (χ4v) is 2.77. The summed E-state index contributed by atoms with van der Waals surface area (Å²) in [4.78, 5) is 0. The van der Waals surface area contributed by atoms with E-state index in [2.05, 4.69) is 29.2 Å². The highest BCUT2D eigenvalue weighted by atomic mass is 16.5. The molecule has 1 aromatic rings. The molecule has 2 rings (SSSR count). The van der Waals surface area contributed by atoms with Gasteiger partial charge in [-0.15, -0.1) is 0 Å². The van der Waals surface area contributed by atoms with Crippen LogP contribution in [-0.2, 0) is 17.7 Å². The third-order valence-electron chi connectivity index (χ3n) is 3.76. The molecule has 1 aliphatic rings. The Morgan fingerprint density at radius 3 is 3.06 bits per heavy atom. The Morgan fingerprint density at radius 2 is 2.28 bits per heavy atom. The smallest absolute Gasteiger partial charge is 0.0641 e. The van der Waals surface area contributed by atoms with Crippen LogP contribution in [0.15, 0.2) is 12.4 Å². The highest BCUT2D eigenvalue weighted by Gasteiger charge is 2.19. The number of nitrogens with one attached hydrogen (secondary N) is 1. The van der Waals surface area contributed by atoms with Crippen LogP contribution in [0.3, 0.4) is 0 Å². The first kappa shape index (κ1) is 13.6. The maximum atomic E-state index is 5.16. The first-order valence-electron chi connectivity index (χ1n) is 7.26. The van der Waals surface area contributed by atoms with E-state index in [1.807, 2.05) is 0 Å². The summed E-state index contributed by atoms with van der Waals surface area (Å²) in [7, 11) is 1.76. The van der Waals surface area contributed by atoms with Crippen molar-refractivity contribution in [2.24, 2.45) is 0 Å². The molecule has 0 aliphatic heterocycles. The fraction of sp³-hybridized carbons (Fsp3) is 0.733. The molecule has 1 unspecified atom stereocenters. The number of ether oxygens (including phenoxy) is 1. The predicted octanol–water partition coefficient (Wildman–Crippen LogP) is 2.90. The molecule has 3 heteroatoms. The second kappa shape index (κ2) is 6.95. The number of hydrogen-bond donors (Lipinski definition) is 1. The second-order valence-corrected chi connectivity index (χ2v) is 5.22. The number of aromatic nitrogens is 1. The van der Waals surface area contributed by atoms with Gasteiger partial charge in [0.2, 0.25) is 0 Å². The van der Waals surface area contributed by atoms with Crippen molar-refractivity contribution in [2.75, 3.05) is 20.3 Å². The van der Waals surface area contributed by atoms with Gasteiger partial charge in [0.15, 0.2) is 0 Å². The molecular formula is C15H26N2O. The standard InChI is InChI=1S/C15H26N2O/c1-3-8-16-15-7-5-4-6-13-11-17(9-10-18-2)12-14(13)15/h11-12,15-16H,3-10H2,1-2H3. The van der Waals surface area contributed by atoms with Crippen LogP contribution in [0.25, 0.3) is 0 Å². The molecule has 0 spiro atoms. The summed E-state index contributed by atoms with van der Waals surface area (Å²) in [6.45, 7) is 5.10. The second-order valence-electron chi connectivity index (χ2n) is 5.22. The third kappa shape index (κ3) is 3.36. The van der Waals surface area contributed by atoms with Gasteiger partial charge in [-0.05, 0) is 43.4 Å². The lowest BCUT2D eigenvalue weighted by Crippen LogP contribution is -2.21. The molecule has 102 valence electrons. The van der Waals surface area contributed by atoms with Crippen molar-refractivity contribution in [3.63, 3.8) is 0 Å². The van der Waals surface area contributed by atoms with Crippen molar-refractivity contribution >= 4 is 0 Å². The van der Waals surface area contributed by atoms with Gasteiger partial charge in [-0.3, -0.25) is 0 Å². The topological polar surface area (TPSA) is 26.2 Å². The van der Waals surface area contributed by atoms with E-state index in [4.69, 9.17) is 4.74 Å². The highest BCUT2D eigenvalue weighted by molar-refractivity contribution is 5.29. The van der Waals surface area contributed by atoms with Crippen molar-refractivity contribution in [2.45, 2.75) is 51.6 Å². The molecule has 0 saturated carbocycles. The minimum atomic E-state index is 0.561. The zero-order valence-electron chi connectivity index (χ0n) is 11.7. The Hall–Kier alpha value is -0.800. The van der Waals surface area contributed by atoms with E-state index in [1.165, 1.54) is 43.2 Å². The van der Waals surface area contributed by atoms with E-state index in [-0.39, 0.29) is 0 Å². The van der Waals surface area contributed by atoms with Gasteiger partial charge in [-0.1, -0.05) is 13.3 Å². The monoisotopic (exact) mass is 250 g/mol. The van der Waals surface area contributed by atoms with E-state index in [0.717, 1.165) is 19.7 Å². The largest absolute Gasteiger partial charge is 0.383 e. The summed E-state index contributed by atoms with van der Waals surface area (Å²) >= 11 is 0. The molecular weight excluding hydrogens is 224 g/mol. The zero-order valence-corrected chi connectivity index (χ0v) is 11.7. The van der Waals surface area contributed by atoms with E-state index < -0.39 is 0 Å². The Bertz CT molecular complexity index is 359. The summed E-state index contributed by atoms with van der Waals surface area (Å²) in [6.07, 6.45) is 11.0. The van der Waals surface area contributed by atoms with Crippen LogP contribution in [0.5, 0.6) is 0 Å². The lowest BCUT2D eigenvalue weighted by atomic mass is 10.0. The van der Waals surface area contributed by atoms with Crippen LogP contribution in [0, 0.1) is 0 Å². The molecule has 18 heavy (non-hydrogen) atoms. The van der Waals surface area contributed by atoms with Crippen LogP contribution in [-0.4, -0.2) is 24.8 Å². The molecule has 0 amide bonds. The Morgan fingerprint density at radius 1 is 1.39 bits per heavy atom. The van der Waals surface area contributed by atoms with Gasteiger partial charge in [-0.2, -0.15) is 0 Å². The third-order valence-corrected chi connectivity index (χ3v) is 3.76. The number of nitrogens with zero attached hydrogens (tertiary/aromatic N) is 1. The van der Waals surface area contributed by atoms with Crippen LogP contribution < -0.4 is 5.32 Å². The van der Waals surface area contributed by atoms with Crippen LogP contribution in [0.1, 0.15) is 49.8 Å². The normalized spacial score (nSPS) is 19.6. The van der Waals surface area contributed by atoms with Crippen LogP contribution in [0.2, 0.25) is 0 Å². The molecule has 1 heterocycles. The van der Waals surface area contributed by atoms with E-state index in [0.29, 0.717) is 6.04 Å². The fourth-order valence-electron chi connectivity index (χ4n) is 2.77. The van der Waals surface area contributed by atoms with Gasteiger partial charge in [0.1, 0.15) is 0 Å². The van der Waals surface area contributed by atoms with E-state index in [9.17, 15) is 0 Å². The average molecular weight is 250 g/mol. The van der Waals surface area contributed by atoms with Crippen molar-refractivity contribution in [3.05, 3.63) is 23.5 Å². The molecule has 0 bridgehead atoms. The molecule has 0 saturated heterocycles. The number of hydrogen-bond acceptors (Lipinski definition) is 2. The van der Waals surface area contributed by atoms with Gasteiger partial charge in [0.25, 0.3) is 0 Å². The number of rotatable bonds is 6. The molecule has 3 nitrogen and oxygen atoms in total. The Balaban J connectivity index is 2.09. The molecule has 1 aliphatic carbocycles. The summed E-state index contributed by atoms with van der Waals surface area (Å²) in [5.74, 6) is 0. The SMILES string of the molecule is CCCNC1CCCCc2cn(CCOC)cc21. The highest BCUT2D eigenvalue weighted by Crippen LogP contribution is 2.29. The van der Waals surface area contributed by atoms with Crippen LogP contribution in [0.4, 0.5) is 0 Å². The average Bonchev–Trinajstić information content (AvgIpc) is 2.70. The summed E-state index contributed by atoms with van der Waals surface area (Å²) < 4.78 is 7.45.